The van der Waals surface area contributed by atoms with Gasteiger partial charge in [0.25, 0.3) is 0 Å². The third kappa shape index (κ3) is 3.94. The quantitative estimate of drug-likeness (QED) is 0.740. The van der Waals surface area contributed by atoms with Crippen LogP contribution in [0.15, 0.2) is 18.2 Å². The van der Waals surface area contributed by atoms with Crippen LogP contribution in [0.3, 0.4) is 0 Å². The molecular formula is C16H24ClNOS. The summed E-state index contributed by atoms with van der Waals surface area (Å²) in [6.45, 7) is 7.58. The predicted octanol–water partition coefficient (Wildman–Crippen LogP) is 3.88. The number of halogens is 1. The van der Waals surface area contributed by atoms with E-state index in [9.17, 15) is 0 Å². The summed E-state index contributed by atoms with van der Waals surface area (Å²) >= 11 is 5.12. The topological polar surface area (TPSA) is 12.5 Å². The van der Waals surface area contributed by atoms with E-state index >= 15 is 0 Å². The van der Waals surface area contributed by atoms with E-state index in [4.69, 9.17) is 17.0 Å². The highest BCUT2D eigenvalue weighted by Crippen LogP contribution is 2.29. The van der Waals surface area contributed by atoms with Crippen molar-refractivity contribution in [3.05, 3.63) is 29.3 Å². The highest BCUT2D eigenvalue weighted by atomic mass is 35.5. The van der Waals surface area contributed by atoms with E-state index in [0.717, 1.165) is 37.4 Å². The number of rotatable bonds is 6. The summed E-state index contributed by atoms with van der Waals surface area (Å²) in [6, 6.07) is 6.65. The van der Waals surface area contributed by atoms with Crippen LogP contribution in [0.1, 0.15) is 37.8 Å². The summed E-state index contributed by atoms with van der Waals surface area (Å²) in [7, 11) is 0. The number of hydrogen-bond acceptors (Lipinski definition) is 3. The molecule has 2 nitrogen and oxygen atoms in total. The van der Waals surface area contributed by atoms with Gasteiger partial charge in [0.2, 0.25) is 0 Å². The third-order valence-corrected chi connectivity index (χ3v) is 3.96. The van der Waals surface area contributed by atoms with Crippen molar-refractivity contribution in [2.24, 2.45) is 0 Å². The van der Waals surface area contributed by atoms with Gasteiger partial charge in [-0.3, -0.25) is 4.90 Å². The molecule has 0 aliphatic carbocycles. The summed E-state index contributed by atoms with van der Waals surface area (Å²) < 4.78 is 5.94. The molecule has 0 N–H and O–H groups in total. The number of benzene rings is 1. The summed E-state index contributed by atoms with van der Waals surface area (Å²) in [4.78, 5) is 2.56. The summed E-state index contributed by atoms with van der Waals surface area (Å²) in [5, 5.41) is 1.77. The maximum atomic E-state index is 5.94. The fourth-order valence-corrected chi connectivity index (χ4v) is 3.03. The molecule has 1 heterocycles. The van der Waals surface area contributed by atoms with Gasteiger partial charge in [-0.05, 0) is 44.0 Å². The maximum Gasteiger partial charge on any atom is 0.123 e. The van der Waals surface area contributed by atoms with Crippen LogP contribution in [0.5, 0.6) is 5.75 Å². The molecule has 0 saturated heterocycles. The van der Waals surface area contributed by atoms with Crippen molar-refractivity contribution in [1.29, 1.82) is 0 Å². The molecule has 112 valence electrons. The normalized spacial score (nSPS) is 17.1. The van der Waals surface area contributed by atoms with Gasteiger partial charge in [0.15, 0.2) is 0 Å². The Balaban J connectivity index is 0.00000200. The van der Waals surface area contributed by atoms with Gasteiger partial charge < -0.3 is 4.74 Å². The first-order chi connectivity index (χ1) is 9.30. The Morgan fingerprint density at radius 3 is 2.60 bits per heavy atom. The Labute approximate surface area is 133 Å². The van der Waals surface area contributed by atoms with Crippen molar-refractivity contribution < 1.29 is 4.74 Å². The minimum absolute atomic E-state index is 0. The largest absolute Gasteiger partial charge is 0.492 e. The highest BCUT2D eigenvalue weighted by molar-refractivity contribution is 7.79. The molecule has 1 aromatic rings. The second-order valence-electron chi connectivity index (χ2n) is 5.15. The fourth-order valence-electron chi connectivity index (χ4n) is 2.81. The van der Waals surface area contributed by atoms with E-state index in [1.165, 1.54) is 18.4 Å². The highest BCUT2D eigenvalue weighted by Gasteiger charge is 2.25. The van der Waals surface area contributed by atoms with Crippen LogP contribution >= 0.6 is 24.6 Å². The molecule has 20 heavy (non-hydrogen) atoms. The van der Waals surface area contributed by atoms with Crippen LogP contribution < -0.4 is 4.74 Å². The SMILES string of the molecule is CCCN(CCC)C1COc2cccc(C=S)c2C1.Cl. The molecule has 0 radical (unpaired) electrons. The second-order valence-corrected chi connectivity index (χ2v) is 5.38. The zero-order valence-electron chi connectivity index (χ0n) is 12.3. The average molecular weight is 314 g/mol. The Morgan fingerprint density at radius 1 is 1.30 bits per heavy atom. The van der Waals surface area contributed by atoms with Crippen LogP contribution in [-0.4, -0.2) is 36.0 Å². The van der Waals surface area contributed by atoms with Crippen LogP contribution in [0.4, 0.5) is 0 Å². The molecule has 1 aromatic carbocycles. The monoisotopic (exact) mass is 313 g/mol. The molecule has 0 amide bonds. The first-order valence-electron chi connectivity index (χ1n) is 7.24. The minimum Gasteiger partial charge on any atom is -0.492 e. The average Bonchev–Trinajstić information content (AvgIpc) is 2.46. The first-order valence-corrected chi connectivity index (χ1v) is 7.71. The van der Waals surface area contributed by atoms with Crippen molar-refractivity contribution in [3.8, 4) is 5.75 Å². The van der Waals surface area contributed by atoms with E-state index in [1.54, 1.807) is 5.37 Å². The zero-order chi connectivity index (χ0) is 13.7. The van der Waals surface area contributed by atoms with Crippen molar-refractivity contribution in [1.82, 2.24) is 4.90 Å². The molecule has 0 aromatic heterocycles. The summed E-state index contributed by atoms with van der Waals surface area (Å²) in [6.07, 6.45) is 3.44. The molecule has 0 saturated carbocycles. The molecule has 4 heteroatoms. The van der Waals surface area contributed by atoms with Crippen LogP contribution in [0, 0.1) is 0 Å². The molecule has 1 atom stereocenters. The van der Waals surface area contributed by atoms with Gasteiger partial charge in [0, 0.05) is 17.0 Å². The van der Waals surface area contributed by atoms with Crippen molar-refractivity contribution in [2.75, 3.05) is 19.7 Å². The Hall–Kier alpha value is -0.640. The number of fused-ring (bicyclic) bond motifs is 1. The van der Waals surface area contributed by atoms with Crippen molar-refractivity contribution in [3.63, 3.8) is 0 Å². The summed E-state index contributed by atoms with van der Waals surface area (Å²) in [5.41, 5.74) is 2.43. The smallest absolute Gasteiger partial charge is 0.123 e. The Kier molecular flexibility index (Phi) is 7.49. The molecule has 1 unspecified atom stereocenters. The van der Waals surface area contributed by atoms with E-state index in [0.29, 0.717) is 6.04 Å². The Bertz CT molecular complexity index is 432. The van der Waals surface area contributed by atoms with Crippen LogP contribution in [0.25, 0.3) is 0 Å². The van der Waals surface area contributed by atoms with Crippen molar-refractivity contribution in [2.45, 2.75) is 39.2 Å². The van der Waals surface area contributed by atoms with E-state index in [1.807, 2.05) is 6.07 Å². The van der Waals surface area contributed by atoms with Gasteiger partial charge in [0.05, 0.1) is 0 Å². The lowest BCUT2D eigenvalue weighted by molar-refractivity contribution is 0.119. The third-order valence-electron chi connectivity index (χ3n) is 3.71. The van der Waals surface area contributed by atoms with Gasteiger partial charge in [-0.1, -0.05) is 38.2 Å². The Morgan fingerprint density at radius 2 is 2.00 bits per heavy atom. The van der Waals surface area contributed by atoms with Crippen LogP contribution in [-0.2, 0) is 6.42 Å². The summed E-state index contributed by atoms with van der Waals surface area (Å²) in [5.74, 6) is 1.02. The standard InChI is InChI=1S/C16H23NOS.ClH/c1-3-8-17(9-4-2)14-10-15-13(12-19)6-5-7-16(15)18-11-14;/h5-7,12,14H,3-4,8-11H2,1-2H3;1H. The molecular weight excluding hydrogens is 290 g/mol. The van der Waals surface area contributed by atoms with Gasteiger partial charge in [-0.25, -0.2) is 0 Å². The number of ether oxygens (including phenoxy) is 1. The second kappa shape index (κ2) is 8.60. The van der Waals surface area contributed by atoms with Gasteiger partial charge in [-0.2, -0.15) is 0 Å². The van der Waals surface area contributed by atoms with Gasteiger partial charge in [0.1, 0.15) is 12.4 Å². The van der Waals surface area contributed by atoms with Gasteiger partial charge in [-0.15, -0.1) is 12.4 Å². The zero-order valence-corrected chi connectivity index (χ0v) is 13.9. The number of nitrogens with zero attached hydrogens (tertiary/aromatic N) is 1. The molecule has 2 rings (SSSR count). The first kappa shape index (κ1) is 17.4. The predicted molar refractivity (Wildman–Crippen MR) is 91.6 cm³/mol. The molecule has 0 bridgehead atoms. The van der Waals surface area contributed by atoms with E-state index in [2.05, 4.69) is 30.9 Å². The lowest BCUT2D eigenvalue weighted by atomic mass is 9.97. The minimum atomic E-state index is 0. The van der Waals surface area contributed by atoms with E-state index < -0.39 is 0 Å². The number of thiocarbonyl (C=S) groups is 1. The lowest BCUT2D eigenvalue weighted by Crippen LogP contribution is -2.44. The molecule has 1 aliphatic rings. The maximum absolute atomic E-state index is 5.94. The number of hydrogen-bond donors (Lipinski definition) is 0. The molecule has 1 aliphatic heterocycles. The van der Waals surface area contributed by atoms with E-state index in [-0.39, 0.29) is 12.4 Å². The fraction of sp³-hybridized carbons (Fsp3) is 0.562. The molecule has 0 fully saturated rings. The molecule has 0 spiro atoms. The van der Waals surface area contributed by atoms with Crippen molar-refractivity contribution >= 4 is 30.0 Å². The lowest BCUT2D eigenvalue weighted by Gasteiger charge is -2.35. The van der Waals surface area contributed by atoms with Crippen LogP contribution in [0.2, 0.25) is 0 Å². The van der Waals surface area contributed by atoms with Gasteiger partial charge >= 0.3 is 0 Å².